The summed E-state index contributed by atoms with van der Waals surface area (Å²) < 4.78 is 7.37. The van der Waals surface area contributed by atoms with Crippen LogP contribution in [0.4, 0.5) is 0 Å². The van der Waals surface area contributed by atoms with E-state index in [0.717, 1.165) is 42.3 Å². The number of fused-ring (bicyclic) bond motifs is 1. The van der Waals surface area contributed by atoms with Crippen LogP contribution in [0.2, 0.25) is 0 Å². The minimum absolute atomic E-state index is 0.547. The first-order valence-electron chi connectivity index (χ1n) is 7.30. The Morgan fingerprint density at radius 2 is 2.14 bits per heavy atom. The van der Waals surface area contributed by atoms with Crippen LogP contribution >= 0.6 is 11.3 Å². The van der Waals surface area contributed by atoms with Crippen molar-refractivity contribution in [3.05, 3.63) is 41.2 Å². The fraction of sp³-hybridized carbons (Fsp3) is 0.375. The number of hydrogen-bond donors (Lipinski definition) is 0. The Morgan fingerprint density at radius 1 is 1.29 bits per heavy atom. The topological polar surface area (TPSA) is 39.4 Å². The number of ether oxygens (including phenoxy) is 1. The smallest absolute Gasteiger partial charge is 0.127 e. The van der Waals surface area contributed by atoms with Crippen molar-refractivity contribution in [1.29, 1.82) is 0 Å². The molecular formula is C16H17N3OS. The van der Waals surface area contributed by atoms with Crippen LogP contribution in [-0.2, 0) is 4.74 Å². The molecule has 0 saturated carbocycles. The third-order valence-electron chi connectivity index (χ3n) is 4.09. The molecule has 4 nitrogen and oxygen atoms in total. The second kappa shape index (κ2) is 5.24. The summed E-state index contributed by atoms with van der Waals surface area (Å²) >= 11 is 1.72. The Bertz CT molecular complexity index is 771. The van der Waals surface area contributed by atoms with Gasteiger partial charge in [-0.1, -0.05) is 6.07 Å². The Morgan fingerprint density at radius 3 is 3.00 bits per heavy atom. The van der Waals surface area contributed by atoms with Crippen molar-refractivity contribution in [3.8, 4) is 10.6 Å². The zero-order valence-corrected chi connectivity index (χ0v) is 12.8. The number of aryl methyl sites for hydroxylation is 1. The normalized spacial score (nSPS) is 16.6. The van der Waals surface area contributed by atoms with Gasteiger partial charge in [-0.3, -0.25) is 0 Å². The lowest BCUT2D eigenvalue weighted by Gasteiger charge is -2.19. The van der Waals surface area contributed by atoms with Crippen LogP contribution in [-0.4, -0.2) is 27.8 Å². The number of nitrogens with zero attached hydrogens (tertiary/aromatic N) is 3. The van der Waals surface area contributed by atoms with E-state index < -0.39 is 0 Å². The minimum Gasteiger partial charge on any atom is -0.381 e. The molecule has 0 spiro atoms. The lowest BCUT2D eigenvalue weighted by molar-refractivity contribution is 0.0846. The third-order valence-corrected chi connectivity index (χ3v) is 4.97. The Kier molecular flexibility index (Phi) is 3.24. The predicted octanol–water partition coefficient (Wildman–Crippen LogP) is 3.66. The van der Waals surface area contributed by atoms with Crippen LogP contribution in [0.5, 0.6) is 0 Å². The molecular weight excluding hydrogens is 282 g/mol. The number of aromatic nitrogens is 3. The summed E-state index contributed by atoms with van der Waals surface area (Å²) in [6, 6.07) is 6.15. The second-order valence-corrected chi connectivity index (χ2v) is 6.31. The second-order valence-electron chi connectivity index (χ2n) is 5.46. The van der Waals surface area contributed by atoms with E-state index in [9.17, 15) is 0 Å². The van der Waals surface area contributed by atoms with Gasteiger partial charge < -0.3 is 4.74 Å². The Balaban J connectivity index is 1.75. The highest BCUT2D eigenvalue weighted by atomic mass is 32.1. The zero-order valence-electron chi connectivity index (χ0n) is 12.0. The standard InChI is InChI=1S/C16H17N3OS/c1-11-15(14-4-2-3-7-19(14)18-11)16-17-13(10-21-16)12-5-8-20-9-6-12/h2-4,7,10,12H,5-6,8-9H2,1H3. The van der Waals surface area contributed by atoms with Gasteiger partial charge in [0.15, 0.2) is 0 Å². The maximum atomic E-state index is 5.44. The van der Waals surface area contributed by atoms with Crippen molar-refractivity contribution >= 4 is 16.9 Å². The molecule has 3 aromatic heterocycles. The summed E-state index contributed by atoms with van der Waals surface area (Å²) in [6.45, 7) is 3.76. The number of thiazole rings is 1. The average molecular weight is 299 g/mol. The van der Waals surface area contributed by atoms with Crippen LogP contribution in [0, 0.1) is 6.92 Å². The van der Waals surface area contributed by atoms with Gasteiger partial charge in [-0.15, -0.1) is 11.3 Å². The monoisotopic (exact) mass is 299 g/mol. The van der Waals surface area contributed by atoms with Gasteiger partial charge in [-0.2, -0.15) is 5.10 Å². The molecule has 108 valence electrons. The highest BCUT2D eigenvalue weighted by Gasteiger charge is 2.21. The molecule has 0 N–H and O–H groups in total. The molecule has 0 radical (unpaired) electrons. The van der Waals surface area contributed by atoms with Crippen LogP contribution < -0.4 is 0 Å². The van der Waals surface area contributed by atoms with Gasteiger partial charge in [0.2, 0.25) is 0 Å². The van der Waals surface area contributed by atoms with Crippen LogP contribution in [0.15, 0.2) is 29.8 Å². The van der Waals surface area contributed by atoms with Crippen LogP contribution in [0.25, 0.3) is 16.1 Å². The molecule has 4 heterocycles. The van der Waals surface area contributed by atoms with Gasteiger partial charge in [0.1, 0.15) is 5.01 Å². The van der Waals surface area contributed by atoms with Gasteiger partial charge in [-0.25, -0.2) is 9.50 Å². The van der Waals surface area contributed by atoms with E-state index >= 15 is 0 Å². The quantitative estimate of drug-likeness (QED) is 0.725. The first-order valence-corrected chi connectivity index (χ1v) is 8.18. The molecule has 0 amide bonds. The third kappa shape index (κ3) is 2.26. The molecule has 5 heteroatoms. The SMILES string of the molecule is Cc1nn2ccccc2c1-c1nc(C2CCOCC2)cs1. The van der Waals surface area contributed by atoms with Crippen LogP contribution in [0.3, 0.4) is 0 Å². The van der Waals surface area contributed by atoms with Gasteiger partial charge >= 0.3 is 0 Å². The highest BCUT2D eigenvalue weighted by Crippen LogP contribution is 2.34. The first kappa shape index (κ1) is 13.0. The van der Waals surface area contributed by atoms with Crippen molar-refractivity contribution < 1.29 is 4.74 Å². The lowest BCUT2D eigenvalue weighted by atomic mass is 9.97. The van der Waals surface area contributed by atoms with E-state index in [4.69, 9.17) is 9.72 Å². The Labute approximate surface area is 127 Å². The molecule has 0 bridgehead atoms. The summed E-state index contributed by atoms with van der Waals surface area (Å²) in [7, 11) is 0. The van der Waals surface area contributed by atoms with Crippen LogP contribution in [0.1, 0.15) is 30.1 Å². The highest BCUT2D eigenvalue weighted by molar-refractivity contribution is 7.13. The molecule has 1 saturated heterocycles. The molecule has 0 aromatic carbocycles. The fourth-order valence-electron chi connectivity index (χ4n) is 2.96. The first-order chi connectivity index (χ1) is 10.3. The summed E-state index contributed by atoms with van der Waals surface area (Å²) in [5, 5.41) is 7.86. The van der Waals surface area contributed by atoms with Gasteiger partial charge in [0, 0.05) is 30.7 Å². The van der Waals surface area contributed by atoms with Crippen molar-refractivity contribution in [1.82, 2.24) is 14.6 Å². The molecule has 21 heavy (non-hydrogen) atoms. The van der Waals surface area contributed by atoms with Crippen molar-refractivity contribution in [2.75, 3.05) is 13.2 Å². The molecule has 1 aliphatic heterocycles. The summed E-state index contributed by atoms with van der Waals surface area (Å²) in [4.78, 5) is 4.90. The van der Waals surface area contributed by atoms with E-state index in [1.165, 1.54) is 11.3 Å². The molecule has 3 aromatic rings. The molecule has 0 unspecified atom stereocenters. The van der Waals surface area contributed by atoms with Crippen molar-refractivity contribution in [3.63, 3.8) is 0 Å². The van der Waals surface area contributed by atoms with Gasteiger partial charge in [0.05, 0.1) is 22.5 Å². The van der Waals surface area contributed by atoms with Gasteiger partial charge in [0.25, 0.3) is 0 Å². The maximum absolute atomic E-state index is 5.44. The largest absolute Gasteiger partial charge is 0.381 e. The number of pyridine rings is 1. The minimum atomic E-state index is 0.547. The van der Waals surface area contributed by atoms with E-state index in [0.29, 0.717) is 5.92 Å². The lowest BCUT2D eigenvalue weighted by Crippen LogP contribution is -2.14. The fourth-order valence-corrected chi connectivity index (χ4v) is 3.97. The zero-order chi connectivity index (χ0) is 14.2. The average Bonchev–Trinajstić information content (AvgIpc) is 3.11. The van der Waals surface area contributed by atoms with E-state index in [1.807, 2.05) is 22.8 Å². The van der Waals surface area contributed by atoms with Gasteiger partial charge in [-0.05, 0) is 31.9 Å². The molecule has 0 atom stereocenters. The van der Waals surface area contributed by atoms with E-state index in [-0.39, 0.29) is 0 Å². The summed E-state index contributed by atoms with van der Waals surface area (Å²) in [5.41, 5.74) is 4.55. The van der Waals surface area contributed by atoms with Crippen molar-refractivity contribution in [2.24, 2.45) is 0 Å². The number of rotatable bonds is 2. The molecule has 4 rings (SSSR count). The van der Waals surface area contributed by atoms with E-state index in [2.05, 4.69) is 23.5 Å². The Hall–Kier alpha value is -1.72. The molecule has 1 aliphatic rings. The van der Waals surface area contributed by atoms with Crippen molar-refractivity contribution in [2.45, 2.75) is 25.7 Å². The summed E-state index contributed by atoms with van der Waals surface area (Å²) in [6.07, 6.45) is 4.15. The summed E-state index contributed by atoms with van der Waals surface area (Å²) in [5.74, 6) is 0.547. The molecule has 0 aliphatic carbocycles. The molecule has 1 fully saturated rings. The predicted molar refractivity (Wildman–Crippen MR) is 83.8 cm³/mol. The van der Waals surface area contributed by atoms with E-state index in [1.54, 1.807) is 11.3 Å². The number of hydrogen-bond acceptors (Lipinski definition) is 4. The maximum Gasteiger partial charge on any atom is 0.127 e.